The number of carboxylic acids is 1. The van der Waals surface area contributed by atoms with Crippen molar-refractivity contribution in [3.05, 3.63) is 101 Å². The van der Waals surface area contributed by atoms with E-state index in [2.05, 4.69) is 10.3 Å². The Morgan fingerprint density at radius 2 is 1.88 bits per heavy atom. The number of nitrogens with one attached hydrogen (secondary N) is 1. The van der Waals surface area contributed by atoms with Gasteiger partial charge in [-0.2, -0.15) is 0 Å². The second-order valence-corrected chi connectivity index (χ2v) is 8.65. The first-order valence-corrected chi connectivity index (χ1v) is 11.4. The molecular formula is C27H25ClN2O3. The van der Waals surface area contributed by atoms with Gasteiger partial charge < -0.3 is 10.4 Å². The van der Waals surface area contributed by atoms with Crippen molar-refractivity contribution in [3.8, 4) is 0 Å². The number of hydrogen-bond donors (Lipinski definition) is 2. The van der Waals surface area contributed by atoms with E-state index in [0.717, 1.165) is 34.4 Å². The lowest BCUT2D eigenvalue weighted by atomic mass is 9.97. The number of carboxylic acid groups (broad SMARTS) is 1. The topological polar surface area (TPSA) is 79.3 Å². The number of halogens is 1. The zero-order valence-corrected chi connectivity index (χ0v) is 18.8. The predicted octanol–water partition coefficient (Wildman–Crippen LogP) is 6.16. The van der Waals surface area contributed by atoms with Crippen LogP contribution in [0.2, 0.25) is 5.02 Å². The number of hydrogen-bond acceptors (Lipinski definition) is 3. The number of nitrogens with zero attached hydrogens (tertiary/aromatic N) is 1. The summed E-state index contributed by atoms with van der Waals surface area (Å²) in [6.45, 7) is 0. The minimum Gasteiger partial charge on any atom is -0.481 e. The second-order valence-electron chi connectivity index (χ2n) is 8.22. The van der Waals surface area contributed by atoms with Crippen LogP contribution in [0.25, 0.3) is 5.57 Å². The standard InChI is InChI=1S/C27H25ClN2O3/c28-21-12-10-18(11-13-21)24-16-25(24)27(33)30-22-7-3-5-19(15-22)23(8-1-2-9-26(31)32)20-6-4-14-29-17-20/h3-8,10-15,17,24-25H,1-2,9,16H2,(H,30,33)(H,31,32). The van der Waals surface area contributed by atoms with Gasteiger partial charge in [0.2, 0.25) is 5.91 Å². The largest absolute Gasteiger partial charge is 0.481 e. The summed E-state index contributed by atoms with van der Waals surface area (Å²) in [6, 6.07) is 19.3. The van der Waals surface area contributed by atoms with E-state index in [9.17, 15) is 9.59 Å². The highest BCUT2D eigenvalue weighted by Crippen LogP contribution is 2.48. The molecule has 1 saturated carbocycles. The summed E-state index contributed by atoms with van der Waals surface area (Å²) >= 11 is 5.97. The minimum absolute atomic E-state index is 0.0143. The van der Waals surface area contributed by atoms with Crippen LogP contribution < -0.4 is 5.32 Å². The summed E-state index contributed by atoms with van der Waals surface area (Å²) in [5.41, 5.74) is 4.73. The summed E-state index contributed by atoms with van der Waals surface area (Å²) in [6.07, 6.45) is 7.70. The van der Waals surface area contributed by atoms with Crippen LogP contribution in [0.5, 0.6) is 0 Å². The molecule has 1 aliphatic carbocycles. The van der Waals surface area contributed by atoms with E-state index in [0.29, 0.717) is 17.9 Å². The molecule has 1 aliphatic rings. The maximum absolute atomic E-state index is 12.8. The van der Waals surface area contributed by atoms with Crippen LogP contribution in [-0.2, 0) is 9.59 Å². The van der Waals surface area contributed by atoms with Gasteiger partial charge >= 0.3 is 5.97 Å². The Balaban J connectivity index is 1.48. The van der Waals surface area contributed by atoms with E-state index < -0.39 is 5.97 Å². The molecule has 1 fully saturated rings. The molecule has 2 atom stereocenters. The van der Waals surface area contributed by atoms with Crippen LogP contribution in [0.1, 0.15) is 48.3 Å². The minimum atomic E-state index is -0.798. The lowest BCUT2D eigenvalue weighted by Gasteiger charge is -2.11. The Morgan fingerprint density at radius 3 is 2.61 bits per heavy atom. The van der Waals surface area contributed by atoms with Crippen molar-refractivity contribution in [1.29, 1.82) is 0 Å². The van der Waals surface area contributed by atoms with Gasteiger partial charge in [-0.05, 0) is 72.2 Å². The van der Waals surface area contributed by atoms with Crippen LogP contribution >= 0.6 is 11.6 Å². The number of carbonyl (C=O) groups excluding carboxylic acids is 1. The maximum Gasteiger partial charge on any atom is 0.303 e. The zero-order chi connectivity index (χ0) is 23.2. The van der Waals surface area contributed by atoms with Crippen LogP contribution in [0.15, 0.2) is 79.1 Å². The van der Waals surface area contributed by atoms with E-state index in [1.54, 1.807) is 12.4 Å². The van der Waals surface area contributed by atoms with Gasteiger partial charge in [0, 0.05) is 41.0 Å². The highest BCUT2D eigenvalue weighted by Gasteiger charge is 2.43. The molecule has 168 valence electrons. The fourth-order valence-electron chi connectivity index (χ4n) is 3.99. The molecule has 1 amide bonds. The average molecular weight is 461 g/mol. The summed E-state index contributed by atoms with van der Waals surface area (Å²) < 4.78 is 0. The summed E-state index contributed by atoms with van der Waals surface area (Å²) in [7, 11) is 0. The predicted molar refractivity (Wildman–Crippen MR) is 130 cm³/mol. The molecule has 0 bridgehead atoms. The van der Waals surface area contributed by atoms with Gasteiger partial charge in [-0.25, -0.2) is 0 Å². The number of unbranched alkanes of at least 4 members (excludes halogenated alkanes) is 1. The highest BCUT2D eigenvalue weighted by atomic mass is 35.5. The number of rotatable bonds is 9. The van der Waals surface area contributed by atoms with Gasteiger partial charge in [0.05, 0.1) is 0 Å². The third kappa shape index (κ3) is 6.08. The molecule has 0 spiro atoms. The summed E-state index contributed by atoms with van der Waals surface area (Å²) in [4.78, 5) is 27.9. The van der Waals surface area contributed by atoms with Crippen LogP contribution in [0, 0.1) is 5.92 Å². The Labute approximate surface area is 198 Å². The number of aliphatic carboxylic acids is 1. The molecule has 1 aromatic heterocycles. The quantitative estimate of drug-likeness (QED) is 0.374. The van der Waals surface area contributed by atoms with Gasteiger partial charge in [0.15, 0.2) is 0 Å². The van der Waals surface area contributed by atoms with E-state index in [1.807, 2.05) is 66.7 Å². The molecule has 2 N–H and O–H groups in total. The Bertz CT molecular complexity index is 1160. The number of aromatic nitrogens is 1. The SMILES string of the molecule is O=C(O)CCCC=C(c1cccnc1)c1cccc(NC(=O)C2CC2c2ccc(Cl)cc2)c1. The molecule has 2 aromatic carbocycles. The van der Waals surface area contributed by atoms with Crippen molar-refractivity contribution in [2.75, 3.05) is 5.32 Å². The van der Waals surface area contributed by atoms with E-state index in [4.69, 9.17) is 16.7 Å². The van der Waals surface area contributed by atoms with Gasteiger partial charge in [-0.15, -0.1) is 0 Å². The fourth-order valence-corrected chi connectivity index (χ4v) is 4.11. The number of amides is 1. The lowest BCUT2D eigenvalue weighted by molar-refractivity contribution is -0.137. The number of anilines is 1. The number of benzene rings is 2. The van der Waals surface area contributed by atoms with Crippen molar-refractivity contribution in [2.45, 2.75) is 31.6 Å². The molecule has 5 nitrogen and oxygen atoms in total. The third-order valence-corrected chi connectivity index (χ3v) is 6.03. The molecular weight excluding hydrogens is 436 g/mol. The van der Waals surface area contributed by atoms with Crippen molar-refractivity contribution >= 4 is 34.7 Å². The first-order valence-electron chi connectivity index (χ1n) is 11.0. The van der Waals surface area contributed by atoms with Gasteiger partial charge in [-0.1, -0.05) is 48.0 Å². The van der Waals surface area contributed by atoms with Crippen LogP contribution in [-0.4, -0.2) is 22.0 Å². The Hall–Kier alpha value is -3.44. The maximum atomic E-state index is 12.8. The lowest BCUT2D eigenvalue weighted by Crippen LogP contribution is -2.14. The first-order chi connectivity index (χ1) is 16.0. The van der Waals surface area contributed by atoms with Crippen molar-refractivity contribution < 1.29 is 14.7 Å². The average Bonchev–Trinajstić information content (AvgIpc) is 3.61. The molecule has 33 heavy (non-hydrogen) atoms. The molecule has 3 aromatic rings. The number of allylic oxidation sites excluding steroid dienone is 1. The Morgan fingerprint density at radius 1 is 1.09 bits per heavy atom. The van der Waals surface area contributed by atoms with E-state index >= 15 is 0 Å². The fraction of sp³-hybridized carbons (Fsp3) is 0.222. The van der Waals surface area contributed by atoms with Crippen molar-refractivity contribution in [1.82, 2.24) is 4.98 Å². The van der Waals surface area contributed by atoms with Crippen LogP contribution in [0.3, 0.4) is 0 Å². The zero-order valence-electron chi connectivity index (χ0n) is 18.1. The normalized spacial score (nSPS) is 17.4. The van der Waals surface area contributed by atoms with Gasteiger partial charge in [0.1, 0.15) is 0 Å². The molecule has 6 heteroatoms. The highest BCUT2D eigenvalue weighted by molar-refractivity contribution is 6.30. The summed E-state index contributed by atoms with van der Waals surface area (Å²) in [5, 5.41) is 12.7. The smallest absolute Gasteiger partial charge is 0.303 e. The number of pyridine rings is 1. The first kappa shape index (κ1) is 22.7. The third-order valence-electron chi connectivity index (χ3n) is 5.78. The monoisotopic (exact) mass is 460 g/mol. The molecule has 0 aliphatic heterocycles. The van der Waals surface area contributed by atoms with E-state index in [1.165, 1.54) is 0 Å². The molecule has 2 unspecified atom stereocenters. The molecule has 0 saturated heterocycles. The second kappa shape index (κ2) is 10.5. The number of carbonyl (C=O) groups is 2. The van der Waals surface area contributed by atoms with E-state index in [-0.39, 0.29) is 24.2 Å². The van der Waals surface area contributed by atoms with Crippen molar-refractivity contribution in [3.63, 3.8) is 0 Å². The Kier molecular flexibility index (Phi) is 7.20. The van der Waals surface area contributed by atoms with Crippen molar-refractivity contribution in [2.24, 2.45) is 5.92 Å². The van der Waals surface area contributed by atoms with Crippen LogP contribution in [0.4, 0.5) is 5.69 Å². The molecule has 1 heterocycles. The van der Waals surface area contributed by atoms with Gasteiger partial charge in [-0.3, -0.25) is 14.6 Å². The molecule has 4 rings (SSSR count). The summed E-state index contributed by atoms with van der Waals surface area (Å²) in [5.74, 6) is -0.599. The molecule has 0 radical (unpaired) electrons. The van der Waals surface area contributed by atoms with Gasteiger partial charge in [0.25, 0.3) is 0 Å².